The van der Waals surface area contributed by atoms with Crippen LogP contribution in [0.2, 0.25) is 5.02 Å². The quantitative estimate of drug-likeness (QED) is 0.908. The van der Waals surface area contributed by atoms with E-state index in [0.29, 0.717) is 12.0 Å². The van der Waals surface area contributed by atoms with Gasteiger partial charge in [-0.3, -0.25) is 4.90 Å². The Labute approximate surface area is 123 Å². The molecule has 0 amide bonds. The van der Waals surface area contributed by atoms with E-state index in [0.717, 1.165) is 29.1 Å². The molecule has 4 heteroatoms. The molecular formula is C14H20BrClN2. The SMILES string of the molecule is CCCN1CCC(CN)C1c1cc(Br)ccc1Cl. The number of halogens is 2. The van der Waals surface area contributed by atoms with Crippen LogP contribution in [-0.2, 0) is 0 Å². The van der Waals surface area contributed by atoms with Gasteiger partial charge >= 0.3 is 0 Å². The molecule has 1 heterocycles. The lowest BCUT2D eigenvalue weighted by Gasteiger charge is -2.28. The normalized spacial score (nSPS) is 24.7. The minimum absolute atomic E-state index is 0.375. The third-order valence-electron chi connectivity index (χ3n) is 3.72. The molecule has 0 aliphatic carbocycles. The average molecular weight is 332 g/mol. The van der Waals surface area contributed by atoms with Crippen LogP contribution in [0.4, 0.5) is 0 Å². The van der Waals surface area contributed by atoms with E-state index in [1.165, 1.54) is 18.4 Å². The molecule has 0 radical (unpaired) electrons. The summed E-state index contributed by atoms with van der Waals surface area (Å²) < 4.78 is 1.08. The summed E-state index contributed by atoms with van der Waals surface area (Å²) >= 11 is 9.91. The van der Waals surface area contributed by atoms with Crippen LogP contribution >= 0.6 is 27.5 Å². The molecule has 18 heavy (non-hydrogen) atoms. The third-order valence-corrected chi connectivity index (χ3v) is 4.55. The molecule has 1 aromatic rings. The molecule has 2 nitrogen and oxygen atoms in total. The van der Waals surface area contributed by atoms with Crippen molar-refractivity contribution >= 4 is 27.5 Å². The summed E-state index contributed by atoms with van der Waals surface area (Å²) in [5, 5.41) is 0.852. The van der Waals surface area contributed by atoms with E-state index in [2.05, 4.69) is 33.8 Å². The minimum atomic E-state index is 0.375. The molecule has 2 atom stereocenters. The van der Waals surface area contributed by atoms with Crippen LogP contribution in [-0.4, -0.2) is 24.5 Å². The van der Waals surface area contributed by atoms with Crippen molar-refractivity contribution in [2.24, 2.45) is 11.7 Å². The second-order valence-electron chi connectivity index (χ2n) is 4.93. The van der Waals surface area contributed by atoms with Crippen molar-refractivity contribution in [3.8, 4) is 0 Å². The van der Waals surface area contributed by atoms with Gasteiger partial charge in [0, 0.05) is 15.5 Å². The highest BCUT2D eigenvalue weighted by atomic mass is 79.9. The molecule has 2 N–H and O–H groups in total. The lowest BCUT2D eigenvalue weighted by Crippen LogP contribution is -2.29. The van der Waals surface area contributed by atoms with Gasteiger partial charge in [-0.15, -0.1) is 0 Å². The summed E-state index contributed by atoms with van der Waals surface area (Å²) in [6, 6.07) is 6.48. The molecular weight excluding hydrogens is 312 g/mol. The molecule has 100 valence electrons. The Morgan fingerprint density at radius 3 is 2.94 bits per heavy atom. The van der Waals surface area contributed by atoms with Crippen LogP contribution < -0.4 is 5.73 Å². The molecule has 1 aliphatic rings. The highest BCUT2D eigenvalue weighted by Crippen LogP contribution is 2.40. The number of nitrogens with zero attached hydrogens (tertiary/aromatic N) is 1. The number of hydrogen-bond donors (Lipinski definition) is 1. The van der Waals surface area contributed by atoms with Crippen LogP contribution in [0.3, 0.4) is 0 Å². The van der Waals surface area contributed by atoms with Crippen molar-refractivity contribution in [3.63, 3.8) is 0 Å². The van der Waals surface area contributed by atoms with Crippen molar-refractivity contribution in [3.05, 3.63) is 33.3 Å². The molecule has 1 aliphatic heterocycles. The lowest BCUT2D eigenvalue weighted by atomic mass is 9.93. The number of rotatable bonds is 4. The maximum atomic E-state index is 6.38. The largest absolute Gasteiger partial charge is 0.330 e. The van der Waals surface area contributed by atoms with E-state index >= 15 is 0 Å². The number of nitrogens with two attached hydrogens (primary N) is 1. The molecule has 2 unspecified atom stereocenters. The first kappa shape index (κ1) is 14.3. The standard InChI is InChI=1S/C14H20BrClN2/c1-2-6-18-7-5-10(9-17)14(18)12-8-11(15)3-4-13(12)16/h3-4,8,10,14H,2,5-7,9,17H2,1H3. The van der Waals surface area contributed by atoms with E-state index in [-0.39, 0.29) is 0 Å². The Kier molecular flexibility index (Phi) is 5.07. The van der Waals surface area contributed by atoms with Crippen LogP contribution in [0.1, 0.15) is 31.4 Å². The highest BCUT2D eigenvalue weighted by molar-refractivity contribution is 9.10. The van der Waals surface area contributed by atoms with Gasteiger partial charge in [0.1, 0.15) is 0 Å². The molecule has 1 aromatic carbocycles. The summed E-state index contributed by atoms with van der Waals surface area (Å²) in [4.78, 5) is 2.52. The fourth-order valence-electron chi connectivity index (χ4n) is 2.90. The van der Waals surface area contributed by atoms with E-state index in [4.69, 9.17) is 17.3 Å². The first-order valence-electron chi connectivity index (χ1n) is 6.56. The van der Waals surface area contributed by atoms with Crippen molar-refractivity contribution in [2.45, 2.75) is 25.8 Å². The van der Waals surface area contributed by atoms with E-state index < -0.39 is 0 Å². The summed E-state index contributed by atoms with van der Waals surface area (Å²) in [7, 11) is 0. The molecule has 2 rings (SSSR count). The first-order valence-corrected chi connectivity index (χ1v) is 7.73. The zero-order valence-corrected chi connectivity index (χ0v) is 13.0. The van der Waals surface area contributed by atoms with Crippen molar-refractivity contribution < 1.29 is 0 Å². The molecule has 1 fully saturated rings. The van der Waals surface area contributed by atoms with Gasteiger partial charge in [-0.05, 0) is 62.2 Å². The van der Waals surface area contributed by atoms with Gasteiger partial charge in [0.15, 0.2) is 0 Å². The topological polar surface area (TPSA) is 29.3 Å². The second-order valence-corrected chi connectivity index (χ2v) is 6.25. The predicted octanol–water partition coefficient (Wildman–Crippen LogP) is 3.83. The third kappa shape index (κ3) is 2.90. The van der Waals surface area contributed by atoms with Crippen LogP contribution in [0.15, 0.2) is 22.7 Å². The zero-order valence-electron chi connectivity index (χ0n) is 10.7. The lowest BCUT2D eigenvalue weighted by molar-refractivity contribution is 0.230. The van der Waals surface area contributed by atoms with E-state index in [9.17, 15) is 0 Å². The predicted molar refractivity (Wildman–Crippen MR) is 80.9 cm³/mol. The van der Waals surface area contributed by atoms with Gasteiger partial charge in [0.2, 0.25) is 0 Å². The maximum Gasteiger partial charge on any atom is 0.0454 e. The maximum absolute atomic E-state index is 6.38. The summed E-state index contributed by atoms with van der Waals surface area (Å²) in [5.74, 6) is 0.517. The van der Waals surface area contributed by atoms with Gasteiger partial charge in [0.25, 0.3) is 0 Å². The Balaban J connectivity index is 2.33. The zero-order chi connectivity index (χ0) is 13.1. The molecule has 0 spiro atoms. The van der Waals surface area contributed by atoms with Crippen LogP contribution in [0, 0.1) is 5.92 Å². The van der Waals surface area contributed by atoms with E-state index in [1.54, 1.807) is 0 Å². The fraction of sp³-hybridized carbons (Fsp3) is 0.571. The van der Waals surface area contributed by atoms with E-state index in [1.807, 2.05) is 12.1 Å². The van der Waals surface area contributed by atoms with Gasteiger partial charge in [-0.1, -0.05) is 34.5 Å². The average Bonchev–Trinajstić information content (AvgIpc) is 2.75. The minimum Gasteiger partial charge on any atom is -0.330 e. The van der Waals surface area contributed by atoms with Gasteiger partial charge in [0.05, 0.1) is 0 Å². The number of likely N-dealkylation sites (tertiary alicyclic amines) is 1. The monoisotopic (exact) mass is 330 g/mol. The Morgan fingerprint density at radius 2 is 2.28 bits per heavy atom. The Hall–Kier alpha value is -0.0900. The Bertz CT molecular complexity index is 411. The highest BCUT2D eigenvalue weighted by Gasteiger charge is 2.34. The van der Waals surface area contributed by atoms with Gasteiger partial charge in [-0.2, -0.15) is 0 Å². The summed E-state index contributed by atoms with van der Waals surface area (Å²) in [6.07, 6.45) is 2.34. The molecule has 0 bridgehead atoms. The number of benzene rings is 1. The summed E-state index contributed by atoms with van der Waals surface area (Å²) in [6.45, 7) is 5.19. The second kappa shape index (κ2) is 6.38. The van der Waals surface area contributed by atoms with Crippen molar-refractivity contribution in [2.75, 3.05) is 19.6 Å². The fourth-order valence-corrected chi connectivity index (χ4v) is 3.51. The first-order chi connectivity index (χ1) is 8.67. The smallest absolute Gasteiger partial charge is 0.0454 e. The van der Waals surface area contributed by atoms with Crippen LogP contribution in [0.5, 0.6) is 0 Å². The number of hydrogen-bond acceptors (Lipinski definition) is 2. The summed E-state index contributed by atoms with van der Waals surface area (Å²) in [5.41, 5.74) is 7.14. The van der Waals surface area contributed by atoms with Gasteiger partial charge in [-0.25, -0.2) is 0 Å². The van der Waals surface area contributed by atoms with Crippen LogP contribution in [0.25, 0.3) is 0 Å². The Morgan fingerprint density at radius 1 is 1.50 bits per heavy atom. The molecule has 1 saturated heterocycles. The molecule has 0 saturated carbocycles. The molecule has 0 aromatic heterocycles. The van der Waals surface area contributed by atoms with Crippen molar-refractivity contribution in [1.82, 2.24) is 4.90 Å². The van der Waals surface area contributed by atoms with Crippen molar-refractivity contribution in [1.29, 1.82) is 0 Å². The van der Waals surface area contributed by atoms with Gasteiger partial charge < -0.3 is 5.73 Å².